The van der Waals surface area contributed by atoms with Gasteiger partial charge in [0.2, 0.25) is 11.8 Å². The van der Waals surface area contributed by atoms with Gasteiger partial charge in [0.15, 0.2) is 0 Å². The summed E-state index contributed by atoms with van der Waals surface area (Å²) in [5, 5.41) is 4.43. The number of halogens is 1. The molecule has 0 saturated carbocycles. The first-order chi connectivity index (χ1) is 9.08. The van der Waals surface area contributed by atoms with Crippen molar-refractivity contribution in [3.05, 3.63) is 41.7 Å². The van der Waals surface area contributed by atoms with E-state index in [2.05, 4.69) is 5.32 Å². The molecule has 0 aliphatic carbocycles. The maximum atomic E-state index is 12.7. The van der Waals surface area contributed by atoms with Gasteiger partial charge in [-0.25, -0.2) is 4.39 Å². The van der Waals surface area contributed by atoms with Crippen molar-refractivity contribution < 1.29 is 14.0 Å². The quantitative estimate of drug-likeness (QED) is 0.923. The van der Waals surface area contributed by atoms with Crippen LogP contribution in [0, 0.1) is 5.82 Å². The van der Waals surface area contributed by atoms with Gasteiger partial charge in [-0.05, 0) is 36.6 Å². The summed E-state index contributed by atoms with van der Waals surface area (Å²) in [4.78, 5) is 25.1. The van der Waals surface area contributed by atoms with Gasteiger partial charge in [0.25, 0.3) is 0 Å². The summed E-state index contributed by atoms with van der Waals surface area (Å²) in [5.41, 5.74) is 0.501. The van der Waals surface area contributed by atoms with E-state index in [1.807, 2.05) is 0 Å². The lowest BCUT2D eigenvalue weighted by Crippen LogP contribution is -2.44. The Labute approximate surface area is 114 Å². The van der Waals surface area contributed by atoms with E-state index >= 15 is 0 Å². The largest absolute Gasteiger partial charge is 0.324 e. The fraction of sp³-hybridized carbons (Fsp3) is 0.231. The second-order valence-corrected chi connectivity index (χ2v) is 4.96. The van der Waals surface area contributed by atoms with Crippen molar-refractivity contribution in [1.82, 2.24) is 4.90 Å². The number of rotatable bonds is 3. The van der Waals surface area contributed by atoms with Crippen molar-refractivity contribution in [2.75, 3.05) is 11.1 Å². The standard InChI is InChI=1S/C13H13FN2O2S/c1-9(16-6-7-19-8-12(16)17)13(18)15-11-4-2-10(14)3-5-11/h2-7,9H,8H2,1H3,(H,15,18). The highest BCUT2D eigenvalue weighted by Crippen LogP contribution is 2.16. The molecule has 1 atom stereocenters. The number of carbonyl (C=O) groups is 2. The average Bonchev–Trinajstić information content (AvgIpc) is 2.41. The van der Waals surface area contributed by atoms with Gasteiger partial charge in [0.1, 0.15) is 11.9 Å². The van der Waals surface area contributed by atoms with Crippen molar-refractivity contribution in [1.29, 1.82) is 0 Å². The lowest BCUT2D eigenvalue weighted by molar-refractivity contribution is -0.133. The Kier molecular flexibility index (Phi) is 4.21. The van der Waals surface area contributed by atoms with Crippen LogP contribution < -0.4 is 5.32 Å². The average molecular weight is 280 g/mol. The number of carbonyl (C=O) groups excluding carboxylic acids is 2. The molecule has 4 nitrogen and oxygen atoms in total. The Morgan fingerprint density at radius 2 is 2.11 bits per heavy atom. The van der Waals surface area contributed by atoms with Crippen molar-refractivity contribution in [2.45, 2.75) is 13.0 Å². The fourth-order valence-corrected chi connectivity index (χ4v) is 2.24. The van der Waals surface area contributed by atoms with Crippen LogP contribution in [0.15, 0.2) is 35.9 Å². The molecule has 1 N–H and O–H groups in total. The minimum absolute atomic E-state index is 0.103. The molecule has 0 aromatic heterocycles. The Morgan fingerprint density at radius 3 is 2.74 bits per heavy atom. The number of nitrogens with zero attached hydrogens (tertiary/aromatic N) is 1. The third-order valence-corrected chi connectivity index (χ3v) is 3.45. The molecule has 1 heterocycles. The van der Waals surface area contributed by atoms with Gasteiger partial charge in [-0.15, -0.1) is 11.8 Å². The van der Waals surface area contributed by atoms with Gasteiger partial charge in [0, 0.05) is 11.9 Å². The molecule has 0 bridgehead atoms. The third-order valence-electron chi connectivity index (χ3n) is 2.72. The van der Waals surface area contributed by atoms with Crippen LogP contribution in [0.1, 0.15) is 6.92 Å². The van der Waals surface area contributed by atoms with E-state index in [9.17, 15) is 14.0 Å². The van der Waals surface area contributed by atoms with Crippen LogP contribution in [0.3, 0.4) is 0 Å². The molecular weight excluding hydrogens is 267 g/mol. The molecule has 2 amide bonds. The molecule has 1 aromatic carbocycles. The highest BCUT2D eigenvalue weighted by molar-refractivity contribution is 8.02. The highest BCUT2D eigenvalue weighted by atomic mass is 32.2. The maximum absolute atomic E-state index is 12.7. The van der Waals surface area contributed by atoms with E-state index in [0.29, 0.717) is 11.4 Å². The number of hydrogen-bond acceptors (Lipinski definition) is 3. The first kappa shape index (κ1) is 13.6. The monoisotopic (exact) mass is 280 g/mol. The molecule has 1 aliphatic rings. The van der Waals surface area contributed by atoms with Gasteiger partial charge in [0.05, 0.1) is 5.75 Å². The first-order valence-electron chi connectivity index (χ1n) is 5.74. The molecule has 0 saturated heterocycles. The first-order valence-corrected chi connectivity index (χ1v) is 6.78. The fourth-order valence-electron chi connectivity index (χ4n) is 1.64. The molecular formula is C13H13FN2O2S. The predicted molar refractivity (Wildman–Crippen MR) is 72.9 cm³/mol. The molecule has 1 unspecified atom stereocenters. The lowest BCUT2D eigenvalue weighted by atomic mass is 10.2. The summed E-state index contributed by atoms with van der Waals surface area (Å²) < 4.78 is 12.7. The van der Waals surface area contributed by atoms with E-state index < -0.39 is 6.04 Å². The van der Waals surface area contributed by atoms with Crippen LogP contribution in [-0.4, -0.2) is 28.5 Å². The SMILES string of the molecule is CC(C(=O)Nc1ccc(F)cc1)N1C=CSCC1=O. The minimum Gasteiger partial charge on any atom is -0.324 e. The van der Waals surface area contributed by atoms with Crippen LogP contribution in [0.2, 0.25) is 0 Å². The third kappa shape index (κ3) is 3.35. The normalized spacial score (nSPS) is 16.3. The zero-order valence-electron chi connectivity index (χ0n) is 10.3. The summed E-state index contributed by atoms with van der Waals surface area (Å²) in [5.74, 6) is -0.437. The predicted octanol–water partition coefficient (Wildman–Crippen LogP) is 2.20. The summed E-state index contributed by atoms with van der Waals surface area (Å²) in [6.07, 6.45) is 1.60. The summed E-state index contributed by atoms with van der Waals surface area (Å²) in [6.45, 7) is 1.65. The molecule has 1 aromatic rings. The van der Waals surface area contributed by atoms with Crippen molar-refractivity contribution in [3.8, 4) is 0 Å². The van der Waals surface area contributed by atoms with Gasteiger partial charge in [-0.2, -0.15) is 0 Å². The number of benzene rings is 1. The van der Waals surface area contributed by atoms with Crippen LogP contribution in [-0.2, 0) is 9.59 Å². The van der Waals surface area contributed by atoms with Crippen LogP contribution in [0.25, 0.3) is 0 Å². The molecule has 19 heavy (non-hydrogen) atoms. The lowest BCUT2D eigenvalue weighted by Gasteiger charge is -2.26. The number of nitrogens with one attached hydrogen (secondary N) is 1. The van der Waals surface area contributed by atoms with Gasteiger partial charge in [-0.3, -0.25) is 9.59 Å². The summed E-state index contributed by atoms with van der Waals surface area (Å²) >= 11 is 1.40. The Bertz CT molecular complexity index is 516. The molecule has 6 heteroatoms. The van der Waals surface area contributed by atoms with Crippen LogP contribution in [0.4, 0.5) is 10.1 Å². The van der Waals surface area contributed by atoms with E-state index in [-0.39, 0.29) is 17.6 Å². The van der Waals surface area contributed by atoms with Gasteiger partial charge >= 0.3 is 0 Å². The second kappa shape index (κ2) is 5.88. The summed E-state index contributed by atoms with van der Waals surface area (Å²) in [6, 6.07) is 4.88. The van der Waals surface area contributed by atoms with Crippen LogP contribution >= 0.6 is 11.8 Å². The zero-order valence-corrected chi connectivity index (χ0v) is 11.1. The van der Waals surface area contributed by atoms with E-state index in [0.717, 1.165) is 0 Å². The Balaban J connectivity index is 2.03. The van der Waals surface area contributed by atoms with Crippen LogP contribution in [0.5, 0.6) is 0 Å². The number of thioether (sulfide) groups is 1. The molecule has 2 rings (SSSR count). The smallest absolute Gasteiger partial charge is 0.247 e. The van der Waals surface area contributed by atoms with Gasteiger partial charge in [-0.1, -0.05) is 0 Å². The van der Waals surface area contributed by atoms with Crippen molar-refractivity contribution >= 4 is 29.3 Å². The maximum Gasteiger partial charge on any atom is 0.247 e. The molecule has 0 spiro atoms. The highest BCUT2D eigenvalue weighted by Gasteiger charge is 2.25. The minimum atomic E-state index is -0.602. The van der Waals surface area contributed by atoms with E-state index in [4.69, 9.17) is 0 Å². The molecule has 0 fully saturated rings. The molecule has 0 radical (unpaired) electrons. The van der Waals surface area contributed by atoms with Crippen molar-refractivity contribution in [2.24, 2.45) is 0 Å². The molecule has 1 aliphatic heterocycles. The Hall–Kier alpha value is -1.82. The number of amides is 2. The van der Waals surface area contributed by atoms with Crippen molar-refractivity contribution in [3.63, 3.8) is 0 Å². The Morgan fingerprint density at radius 1 is 1.42 bits per heavy atom. The zero-order chi connectivity index (χ0) is 13.8. The van der Waals surface area contributed by atoms with E-state index in [1.165, 1.54) is 40.9 Å². The second-order valence-electron chi connectivity index (χ2n) is 4.07. The topological polar surface area (TPSA) is 49.4 Å². The summed E-state index contributed by atoms with van der Waals surface area (Å²) in [7, 11) is 0. The number of anilines is 1. The molecule has 100 valence electrons. The van der Waals surface area contributed by atoms with E-state index in [1.54, 1.807) is 18.5 Å². The number of hydrogen-bond donors (Lipinski definition) is 1. The van der Waals surface area contributed by atoms with Gasteiger partial charge < -0.3 is 10.2 Å².